The standard InChI is InChI=1S/C68H42/c1-5-17-39(18-6-1)57-45-27-15-16-28-46(45)58(40-19-7-2-8-20-40)66-52-34-30-48-50-32-36-54-64-53(35-31-49(62(50)64)47-29-33-51(65(57)66)63(52)61(47)48)67-59(41-21-9-3-10-22-41)55-37-43-25-13-14-26-44(43)38-56(55)60(68(54)67)42-23-11-4-12-24-42/h1-12,15-24,27-38H,13-14,25-26H2. The third-order valence-corrected chi connectivity index (χ3v) is 16.2. The largest absolute Gasteiger partial charge is 0.0622 e. The molecule has 3 aliphatic carbocycles. The number of hydrogen-bond donors (Lipinski definition) is 0. The van der Waals surface area contributed by atoms with E-state index in [1.807, 2.05) is 0 Å². The van der Waals surface area contributed by atoms with Gasteiger partial charge in [-0.1, -0.05) is 206 Å². The van der Waals surface area contributed by atoms with E-state index in [1.165, 1.54) is 178 Å². The maximum atomic E-state index is 2.59. The van der Waals surface area contributed by atoms with E-state index in [0.717, 1.165) is 12.8 Å². The molecule has 0 spiro atoms. The van der Waals surface area contributed by atoms with Gasteiger partial charge in [-0.3, -0.25) is 0 Å². The summed E-state index contributed by atoms with van der Waals surface area (Å²) in [5, 5.41) is 16.2. The molecule has 0 amide bonds. The molecular weight excluding hydrogens is 817 g/mol. The lowest BCUT2D eigenvalue weighted by atomic mass is 9.79. The lowest BCUT2D eigenvalue weighted by molar-refractivity contribution is 0.687. The molecule has 0 N–H and O–H groups in total. The third-order valence-electron chi connectivity index (χ3n) is 16.2. The summed E-state index contributed by atoms with van der Waals surface area (Å²) in [6, 6.07) is 78.7. The highest BCUT2D eigenvalue weighted by molar-refractivity contribution is 6.42. The first kappa shape index (κ1) is 36.8. The van der Waals surface area contributed by atoms with E-state index in [-0.39, 0.29) is 0 Å². The van der Waals surface area contributed by atoms with Crippen molar-refractivity contribution in [2.24, 2.45) is 0 Å². The van der Waals surface area contributed by atoms with E-state index in [2.05, 4.69) is 206 Å². The molecule has 3 aliphatic rings. The normalized spacial score (nSPS) is 13.4. The molecule has 0 heterocycles. The first-order chi connectivity index (χ1) is 33.8. The second-order valence-corrected chi connectivity index (χ2v) is 19.5. The molecule has 0 unspecified atom stereocenters. The van der Waals surface area contributed by atoms with Gasteiger partial charge in [0.25, 0.3) is 0 Å². The summed E-state index contributed by atoms with van der Waals surface area (Å²) in [4.78, 5) is 0. The summed E-state index contributed by atoms with van der Waals surface area (Å²) in [7, 11) is 0. The van der Waals surface area contributed by atoms with Gasteiger partial charge in [0.1, 0.15) is 0 Å². The molecule has 13 aromatic carbocycles. The van der Waals surface area contributed by atoms with Crippen LogP contribution in [0.2, 0.25) is 0 Å². The molecule has 314 valence electrons. The van der Waals surface area contributed by atoms with Crippen LogP contribution >= 0.6 is 0 Å². The smallest absolute Gasteiger partial charge is 0.000740 e. The van der Waals surface area contributed by atoms with E-state index >= 15 is 0 Å². The van der Waals surface area contributed by atoms with Crippen molar-refractivity contribution >= 4 is 64.6 Å². The Balaban J connectivity index is 1.04. The zero-order valence-corrected chi connectivity index (χ0v) is 37.5. The molecule has 0 atom stereocenters. The van der Waals surface area contributed by atoms with Crippen LogP contribution in [-0.4, -0.2) is 0 Å². The summed E-state index contributed by atoms with van der Waals surface area (Å²) in [6.45, 7) is 0. The van der Waals surface area contributed by atoms with Crippen molar-refractivity contribution in [2.45, 2.75) is 25.7 Å². The topological polar surface area (TPSA) is 0 Å². The molecule has 16 rings (SSSR count). The van der Waals surface area contributed by atoms with E-state index in [0.29, 0.717) is 0 Å². The Hall–Kier alpha value is -8.32. The Morgan fingerprint density at radius 1 is 0.206 bits per heavy atom. The van der Waals surface area contributed by atoms with Crippen LogP contribution < -0.4 is 0 Å². The molecule has 0 aromatic heterocycles. The lowest BCUT2D eigenvalue weighted by Gasteiger charge is -2.24. The molecule has 0 radical (unpaired) electrons. The summed E-state index contributed by atoms with van der Waals surface area (Å²) >= 11 is 0. The molecule has 0 nitrogen and oxygen atoms in total. The van der Waals surface area contributed by atoms with Crippen LogP contribution in [0.15, 0.2) is 206 Å². The zero-order chi connectivity index (χ0) is 44.2. The molecule has 0 bridgehead atoms. The number of hydrogen-bond acceptors (Lipinski definition) is 0. The molecule has 0 aliphatic heterocycles. The number of aryl methyl sites for hydroxylation is 2. The average molecular weight is 859 g/mol. The van der Waals surface area contributed by atoms with E-state index < -0.39 is 0 Å². The van der Waals surface area contributed by atoms with Gasteiger partial charge in [-0.2, -0.15) is 0 Å². The third kappa shape index (κ3) is 4.74. The van der Waals surface area contributed by atoms with Crippen molar-refractivity contribution in [2.75, 3.05) is 0 Å². The minimum Gasteiger partial charge on any atom is -0.0622 e. The van der Waals surface area contributed by atoms with Crippen LogP contribution in [0.4, 0.5) is 0 Å². The molecule has 0 heteroatoms. The predicted octanol–water partition coefficient (Wildman–Crippen LogP) is 18.9. The van der Waals surface area contributed by atoms with Crippen LogP contribution in [0, 0.1) is 0 Å². The maximum absolute atomic E-state index is 2.59. The zero-order valence-electron chi connectivity index (χ0n) is 37.5. The average Bonchev–Trinajstić information content (AvgIpc) is 3.92. The highest BCUT2D eigenvalue weighted by Crippen LogP contribution is 2.63. The summed E-state index contributed by atoms with van der Waals surface area (Å²) in [5.41, 5.74) is 24.3. The van der Waals surface area contributed by atoms with Crippen molar-refractivity contribution in [3.05, 3.63) is 217 Å². The number of fused-ring (bicyclic) bond motifs is 11. The van der Waals surface area contributed by atoms with Crippen LogP contribution in [0.3, 0.4) is 0 Å². The van der Waals surface area contributed by atoms with Crippen molar-refractivity contribution in [3.8, 4) is 89.0 Å². The Bertz CT molecular complexity index is 4040. The Labute approximate surface area is 394 Å². The molecule has 13 aromatic rings. The molecule has 0 saturated carbocycles. The van der Waals surface area contributed by atoms with Gasteiger partial charge in [-0.05, 0) is 190 Å². The van der Waals surface area contributed by atoms with Crippen LogP contribution in [0.25, 0.3) is 154 Å². The fraction of sp³-hybridized carbons (Fsp3) is 0.0588. The van der Waals surface area contributed by atoms with Gasteiger partial charge in [0.15, 0.2) is 0 Å². The predicted molar refractivity (Wildman–Crippen MR) is 290 cm³/mol. The summed E-state index contributed by atoms with van der Waals surface area (Å²) < 4.78 is 0. The van der Waals surface area contributed by atoms with Crippen LogP contribution in [0.1, 0.15) is 24.0 Å². The molecule has 68 heavy (non-hydrogen) atoms. The molecule has 0 saturated heterocycles. The Kier molecular flexibility index (Phi) is 7.39. The van der Waals surface area contributed by atoms with Crippen molar-refractivity contribution in [3.63, 3.8) is 0 Å². The molecule has 0 fully saturated rings. The second-order valence-electron chi connectivity index (χ2n) is 19.5. The lowest BCUT2D eigenvalue weighted by Crippen LogP contribution is -2.03. The fourth-order valence-electron chi connectivity index (χ4n) is 13.6. The minimum absolute atomic E-state index is 1.15. The fourth-order valence-corrected chi connectivity index (χ4v) is 13.6. The first-order valence-electron chi connectivity index (χ1n) is 24.5. The van der Waals surface area contributed by atoms with E-state index in [4.69, 9.17) is 0 Å². The van der Waals surface area contributed by atoms with Crippen molar-refractivity contribution in [1.82, 2.24) is 0 Å². The summed E-state index contributed by atoms with van der Waals surface area (Å²) in [6.07, 6.45) is 4.82. The van der Waals surface area contributed by atoms with Gasteiger partial charge in [-0.25, -0.2) is 0 Å². The van der Waals surface area contributed by atoms with Crippen molar-refractivity contribution in [1.29, 1.82) is 0 Å². The van der Waals surface area contributed by atoms with E-state index in [1.54, 1.807) is 0 Å². The SMILES string of the molecule is c1ccc(-c2c3c(c(-c4ccccc4)c4ccccc24)-c2ccc4c5ccc6c7c(ccc(c8ccc-3c2c84)c75)-c2c-6c(-c3ccccc3)c3cc4c(cc3c2-c2ccccc2)CCCC4)cc1. The second kappa shape index (κ2) is 13.6. The monoisotopic (exact) mass is 858 g/mol. The van der Waals surface area contributed by atoms with E-state index in [9.17, 15) is 0 Å². The quantitative estimate of drug-likeness (QED) is 0.122. The highest BCUT2D eigenvalue weighted by atomic mass is 14.4. The van der Waals surface area contributed by atoms with Crippen LogP contribution in [-0.2, 0) is 12.8 Å². The number of benzene rings is 13. The Morgan fingerprint density at radius 2 is 0.485 bits per heavy atom. The molecular formula is C68H42. The Morgan fingerprint density at radius 3 is 0.794 bits per heavy atom. The van der Waals surface area contributed by atoms with Gasteiger partial charge in [0, 0.05) is 0 Å². The van der Waals surface area contributed by atoms with Crippen molar-refractivity contribution < 1.29 is 0 Å². The highest BCUT2D eigenvalue weighted by Gasteiger charge is 2.35. The summed E-state index contributed by atoms with van der Waals surface area (Å²) in [5.74, 6) is 0. The van der Waals surface area contributed by atoms with Gasteiger partial charge < -0.3 is 0 Å². The van der Waals surface area contributed by atoms with Crippen LogP contribution in [0.5, 0.6) is 0 Å². The van der Waals surface area contributed by atoms with Gasteiger partial charge in [-0.15, -0.1) is 0 Å². The minimum atomic E-state index is 1.15. The number of rotatable bonds is 4. The van der Waals surface area contributed by atoms with Gasteiger partial charge in [0.2, 0.25) is 0 Å². The van der Waals surface area contributed by atoms with Gasteiger partial charge >= 0.3 is 0 Å². The maximum Gasteiger partial charge on any atom is -0.000740 e. The first-order valence-corrected chi connectivity index (χ1v) is 24.5. The van der Waals surface area contributed by atoms with Gasteiger partial charge in [0.05, 0.1) is 0 Å².